The molecule has 2 aromatic rings. The Labute approximate surface area is 134 Å². The van der Waals surface area contributed by atoms with Crippen LogP contribution in [-0.4, -0.2) is 28.8 Å². The first kappa shape index (κ1) is 15.8. The quantitative estimate of drug-likeness (QED) is 0.864. The first-order valence-corrected chi connectivity index (χ1v) is 7.49. The highest BCUT2D eigenvalue weighted by molar-refractivity contribution is 6.43. The van der Waals surface area contributed by atoms with E-state index >= 15 is 0 Å². The van der Waals surface area contributed by atoms with E-state index in [4.69, 9.17) is 23.2 Å². The molecule has 0 bridgehead atoms. The summed E-state index contributed by atoms with van der Waals surface area (Å²) in [4.78, 5) is 6.40. The lowest BCUT2D eigenvalue weighted by molar-refractivity contribution is 0.741. The Morgan fingerprint density at radius 3 is 2.86 bits per heavy atom. The summed E-state index contributed by atoms with van der Waals surface area (Å²) >= 11 is 12.1. The maximum absolute atomic E-state index is 6.15. The zero-order valence-electron chi connectivity index (χ0n) is 12.0. The van der Waals surface area contributed by atoms with Gasteiger partial charge >= 0.3 is 0 Å². The number of rotatable bonds is 6. The summed E-state index contributed by atoms with van der Waals surface area (Å²) in [5, 5.41) is 12.1. The Morgan fingerprint density at radius 1 is 1.29 bits per heavy atom. The van der Waals surface area contributed by atoms with Crippen molar-refractivity contribution in [3.8, 4) is 0 Å². The zero-order chi connectivity index (χ0) is 15.2. The van der Waals surface area contributed by atoms with Gasteiger partial charge in [-0.15, -0.1) is 5.10 Å². The summed E-state index contributed by atoms with van der Waals surface area (Å²) in [7, 11) is 1.95. The van der Waals surface area contributed by atoms with Crippen LogP contribution in [0.5, 0.6) is 0 Å². The van der Waals surface area contributed by atoms with Gasteiger partial charge in [0.05, 0.1) is 21.9 Å². The summed E-state index contributed by atoms with van der Waals surface area (Å²) in [6.07, 6.45) is 3.75. The van der Waals surface area contributed by atoms with E-state index in [1.807, 2.05) is 24.1 Å². The molecule has 1 heterocycles. The van der Waals surface area contributed by atoms with Gasteiger partial charge in [0.2, 0.25) is 5.95 Å². The first-order valence-electron chi connectivity index (χ1n) is 6.73. The van der Waals surface area contributed by atoms with E-state index in [0.717, 1.165) is 19.4 Å². The third-order valence-corrected chi connectivity index (χ3v) is 3.77. The topological polar surface area (TPSA) is 53.9 Å². The Morgan fingerprint density at radius 2 is 2.10 bits per heavy atom. The summed E-state index contributed by atoms with van der Waals surface area (Å²) in [6, 6.07) is 5.38. The van der Waals surface area contributed by atoms with Crippen molar-refractivity contribution in [2.75, 3.05) is 23.8 Å². The molecule has 0 aliphatic rings. The molecule has 0 atom stereocenters. The molecule has 1 aromatic carbocycles. The molecule has 0 spiro atoms. The number of anilines is 3. The molecule has 5 nitrogen and oxygen atoms in total. The maximum atomic E-state index is 6.15. The SMILES string of the molecule is CCCCN(C)c1nncc(Nc2cccc(Cl)c2Cl)n1. The second kappa shape index (κ2) is 7.43. The minimum Gasteiger partial charge on any atom is -0.343 e. The highest BCUT2D eigenvalue weighted by Gasteiger charge is 2.08. The summed E-state index contributed by atoms with van der Waals surface area (Å²) in [6.45, 7) is 3.03. The second-order valence-electron chi connectivity index (χ2n) is 4.64. The fraction of sp³-hybridized carbons (Fsp3) is 0.357. The van der Waals surface area contributed by atoms with E-state index in [2.05, 4.69) is 27.4 Å². The van der Waals surface area contributed by atoms with Crippen molar-refractivity contribution in [1.82, 2.24) is 15.2 Å². The van der Waals surface area contributed by atoms with Crippen molar-refractivity contribution in [2.45, 2.75) is 19.8 Å². The van der Waals surface area contributed by atoms with Crippen LogP contribution >= 0.6 is 23.2 Å². The van der Waals surface area contributed by atoms with Crippen LogP contribution < -0.4 is 10.2 Å². The number of nitrogens with one attached hydrogen (secondary N) is 1. The van der Waals surface area contributed by atoms with Gasteiger partial charge in [-0.25, -0.2) is 0 Å². The number of unbranched alkanes of at least 4 members (excludes halogenated alkanes) is 1. The summed E-state index contributed by atoms with van der Waals surface area (Å²) < 4.78 is 0. The minimum atomic E-state index is 0.457. The smallest absolute Gasteiger partial charge is 0.247 e. The lowest BCUT2D eigenvalue weighted by atomic mass is 10.3. The van der Waals surface area contributed by atoms with Crippen LogP contribution in [0.25, 0.3) is 0 Å². The van der Waals surface area contributed by atoms with Crippen LogP contribution in [0.1, 0.15) is 19.8 Å². The molecule has 0 amide bonds. The van der Waals surface area contributed by atoms with Gasteiger partial charge in [-0.05, 0) is 18.6 Å². The molecule has 0 aliphatic heterocycles. The van der Waals surface area contributed by atoms with Gasteiger partial charge in [0.25, 0.3) is 0 Å². The number of hydrogen-bond donors (Lipinski definition) is 1. The maximum Gasteiger partial charge on any atom is 0.247 e. The molecule has 21 heavy (non-hydrogen) atoms. The average Bonchev–Trinajstić information content (AvgIpc) is 2.50. The molecule has 2 rings (SSSR count). The predicted molar refractivity (Wildman–Crippen MR) is 87.7 cm³/mol. The molecule has 0 fully saturated rings. The zero-order valence-corrected chi connectivity index (χ0v) is 13.5. The van der Waals surface area contributed by atoms with Gasteiger partial charge in [0.15, 0.2) is 5.82 Å². The third-order valence-electron chi connectivity index (χ3n) is 2.95. The normalized spacial score (nSPS) is 10.5. The molecule has 1 aromatic heterocycles. The molecule has 0 saturated heterocycles. The van der Waals surface area contributed by atoms with E-state index < -0.39 is 0 Å². The molecule has 1 N–H and O–H groups in total. The van der Waals surface area contributed by atoms with Gasteiger partial charge in [0.1, 0.15) is 0 Å². The van der Waals surface area contributed by atoms with E-state index in [1.54, 1.807) is 12.3 Å². The van der Waals surface area contributed by atoms with Crippen molar-refractivity contribution in [3.63, 3.8) is 0 Å². The highest BCUT2D eigenvalue weighted by Crippen LogP contribution is 2.31. The van der Waals surface area contributed by atoms with Crippen LogP contribution in [0.4, 0.5) is 17.5 Å². The number of aromatic nitrogens is 3. The lowest BCUT2D eigenvalue weighted by Gasteiger charge is -2.16. The fourth-order valence-electron chi connectivity index (χ4n) is 1.75. The van der Waals surface area contributed by atoms with Crippen molar-refractivity contribution >= 4 is 40.7 Å². The van der Waals surface area contributed by atoms with E-state index in [0.29, 0.717) is 27.5 Å². The van der Waals surface area contributed by atoms with Crippen molar-refractivity contribution in [1.29, 1.82) is 0 Å². The molecule has 0 aliphatic carbocycles. The second-order valence-corrected chi connectivity index (χ2v) is 5.43. The molecule has 7 heteroatoms. The number of benzene rings is 1. The van der Waals surface area contributed by atoms with Crippen LogP contribution in [0.3, 0.4) is 0 Å². The number of halogens is 2. The van der Waals surface area contributed by atoms with Gasteiger partial charge in [0, 0.05) is 13.6 Å². The van der Waals surface area contributed by atoms with Gasteiger partial charge in [-0.3, -0.25) is 0 Å². The predicted octanol–water partition coefficient (Wildman–Crippen LogP) is 4.16. The van der Waals surface area contributed by atoms with Crippen LogP contribution in [-0.2, 0) is 0 Å². The summed E-state index contributed by atoms with van der Waals surface area (Å²) in [5.74, 6) is 1.15. The van der Waals surface area contributed by atoms with Crippen LogP contribution in [0.15, 0.2) is 24.4 Å². The molecule has 0 unspecified atom stereocenters. The highest BCUT2D eigenvalue weighted by atomic mass is 35.5. The summed E-state index contributed by atoms with van der Waals surface area (Å²) in [5.41, 5.74) is 0.687. The van der Waals surface area contributed by atoms with E-state index in [-0.39, 0.29) is 0 Å². The van der Waals surface area contributed by atoms with Gasteiger partial charge in [-0.2, -0.15) is 10.1 Å². The molecular weight excluding hydrogens is 309 g/mol. The van der Waals surface area contributed by atoms with Gasteiger partial charge in [-0.1, -0.05) is 42.6 Å². The number of nitrogens with zero attached hydrogens (tertiary/aromatic N) is 4. The largest absolute Gasteiger partial charge is 0.343 e. The molecule has 0 radical (unpaired) electrons. The van der Waals surface area contributed by atoms with Crippen molar-refractivity contribution in [3.05, 3.63) is 34.4 Å². The van der Waals surface area contributed by atoms with Gasteiger partial charge < -0.3 is 10.2 Å². The monoisotopic (exact) mass is 325 g/mol. The Kier molecular flexibility index (Phi) is 5.59. The van der Waals surface area contributed by atoms with Crippen LogP contribution in [0.2, 0.25) is 10.0 Å². The molecule has 112 valence electrons. The Hall–Kier alpha value is -1.59. The Balaban J connectivity index is 2.16. The fourth-order valence-corrected chi connectivity index (χ4v) is 2.10. The van der Waals surface area contributed by atoms with E-state index in [1.165, 1.54) is 0 Å². The first-order chi connectivity index (χ1) is 10.1. The van der Waals surface area contributed by atoms with Crippen LogP contribution in [0, 0.1) is 0 Å². The van der Waals surface area contributed by atoms with Crippen molar-refractivity contribution in [2.24, 2.45) is 0 Å². The Bertz CT molecular complexity index is 606. The lowest BCUT2D eigenvalue weighted by Crippen LogP contribution is -2.21. The van der Waals surface area contributed by atoms with Crippen molar-refractivity contribution < 1.29 is 0 Å². The molecular formula is C14H17Cl2N5. The minimum absolute atomic E-state index is 0.457. The molecule has 0 saturated carbocycles. The van der Waals surface area contributed by atoms with E-state index in [9.17, 15) is 0 Å². The number of hydrogen-bond acceptors (Lipinski definition) is 5. The standard InChI is InChI=1S/C14H17Cl2N5/c1-3-4-8-21(2)14-19-12(9-17-20-14)18-11-7-5-6-10(15)13(11)16/h5-7,9H,3-4,8H2,1-2H3,(H,18,19,20). The third kappa shape index (κ3) is 4.19. The average molecular weight is 326 g/mol.